The van der Waals surface area contributed by atoms with E-state index in [0.29, 0.717) is 0 Å². The molecule has 62 valence electrons. The van der Waals surface area contributed by atoms with Crippen molar-refractivity contribution in [3.63, 3.8) is 0 Å². The van der Waals surface area contributed by atoms with Crippen LogP contribution < -0.4 is 0 Å². The molecule has 1 aliphatic rings. The molecule has 0 aliphatic heterocycles. The Morgan fingerprint density at radius 2 is 1.60 bits per heavy atom. The molecule has 0 aromatic heterocycles. The van der Waals surface area contributed by atoms with E-state index in [1.165, 1.54) is 19.3 Å². The predicted octanol–water partition coefficient (Wildman–Crippen LogP) is 3.90. The van der Waals surface area contributed by atoms with Crippen molar-refractivity contribution in [3.05, 3.63) is 0 Å². The fourth-order valence-electron chi connectivity index (χ4n) is 1.35. The van der Waals surface area contributed by atoms with E-state index in [0.717, 1.165) is 12.8 Å². The zero-order valence-electron chi connectivity index (χ0n) is 5.72. The standard InChI is InChI=1S/C6H12Cl2OS/c7-10(8,9)6-4-2-1-3-5-6/h6,9H,1-5H2. The molecule has 0 aromatic carbocycles. The Labute approximate surface area is 72.2 Å². The van der Waals surface area contributed by atoms with Crippen LogP contribution in [-0.4, -0.2) is 9.80 Å². The van der Waals surface area contributed by atoms with Crippen LogP contribution in [0.3, 0.4) is 0 Å². The van der Waals surface area contributed by atoms with Gasteiger partial charge in [0.2, 0.25) is 0 Å². The maximum atomic E-state index is 9.26. The van der Waals surface area contributed by atoms with Gasteiger partial charge in [-0.3, -0.25) is 0 Å². The van der Waals surface area contributed by atoms with Gasteiger partial charge in [0.15, 0.2) is 0 Å². The molecule has 1 rings (SSSR count). The van der Waals surface area contributed by atoms with Gasteiger partial charge in [0, 0.05) is 14.0 Å². The van der Waals surface area contributed by atoms with Gasteiger partial charge in [-0.15, -0.1) is 0 Å². The first-order chi connectivity index (χ1) is 4.61. The summed E-state index contributed by atoms with van der Waals surface area (Å²) in [4.78, 5) is 0. The van der Waals surface area contributed by atoms with Gasteiger partial charge < -0.3 is 4.55 Å². The first kappa shape index (κ1) is 8.98. The fraction of sp³-hybridized carbons (Fsp3) is 1.00. The average Bonchev–Trinajstić information content (AvgIpc) is 1.88. The molecule has 0 aromatic rings. The Hall–Kier alpha value is 0.890. The Morgan fingerprint density at radius 3 is 1.90 bits per heavy atom. The summed E-state index contributed by atoms with van der Waals surface area (Å²) in [6, 6.07) is 0. The minimum atomic E-state index is -2.28. The third-order valence-electron chi connectivity index (χ3n) is 1.95. The van der Waals surface area contributed by atoms with Gasteiger partial charge in [-0.2, -0.15) is 0 Å². The zero-order chi connectivity index (χ0) is 7.61. The highest BCUT2D eigenvalue weighted by atomic mass is 36.0. The van der Waals surface area contributed by atoms with E-state index in [9.17, 15) is 4.55 Å². The lowest BCUT2D eigenvalue weighted by molar-refractivity contribution is 0.496. The largest absolute Gasteiger partial charge is 0.324 e. The smallest absolute Gasteiger partial charge is 0.0370 e. The van der Waals surface area contributed by atoms with Crippen LogP contribution in [-0.2, 0) is 0 Å². The SMILES string of the molecule is OS(Cl)(Cl)C1CCCCC1. The molecular formula is C6H12Cl2OS. The van der Waals surface area contributed by atoms with Gasteiger partial charge in [0.25, 0.3) is 0 Å². The van der Waals surface area contributed by atoms with Crippen LogP contribution in [0, 0.1) is 0 Å². The number of hydrogen-bond donors (Lipinski definition) is 1. The van der Waals surface area contributed by atoms with Crippen LogP contribution in [0.5, 0.6) is 0 Å². The maximum absolute atomic E-state index is 9.26. The summed E-state index contributed by atoms with van der Waals surface area (Å²) in [5.41, 5.74) is 0. The Morgan fingerprint density at radius 1 is 1.10 bits per heavy atom. The van der Waals surface area contributed by atoms with Crippen molar-refractivity contribution in [2.24, 2.45) is 0 Å². The lowest BCUT2D eigenvalue weighted by Gasteiger charge is -2.31. The van der Waals surface area contributed by atoms with Crippen molar-refractivity contribution < 1.29 is 4.55 Å². The number of hydrogen-bond acceptors (Lipinski definition) is 1. The summed E-state index contributed by atoms with van der Waals surface area (Å²) >= 11 is 0. The van der Waals surface area contributed by atoms with Crippen LogP contribution in [0.2, 0.25) is 0 Å². The van der Waals surface area contributed by atoms with E-state index in [4.69, 9.17) is 21.4 Å². The van der Waals surface area contributed by atoms with E-state index in [1.807, 2.05) is 0 Å². The van der Waals surface area contributed by atoms with Crippen LogP contribution in [0.25, 0.3) is 0 Å². The van der Waals surface area contributed by atoms with E-state index in [2.05, 4.69) is 0 Å². The molecule has 1 nitrogen and oxygen atoms in total. The second-order valence-electron chi connectivity index (χ2n) is 2.74. The summed E-state index contributed by atoms with van der Waals surface area (Å²) in [6.07, 6.45) is 5.59. The molecule has 4 heteroatoms. The summed E-state index contributed by atoms with van der Waals surface area (Å²) in [7, 11) is 8.95. The van der Waals surface area contributed by atoms with Crippen LogP contribution >= 0.6 is 30.1 Å². The van der Waals surface area contributed by atoms with Crippen molar-refractivity contribution in [3.8, 4) is 0 Å². The van der Waals surface area contributed by atoms with E-state index in [1.54, 1.807) is 0 Å². The molecule has 0 amide bonds. The lowest BCUT2D eigenvalue weighted by Crippen LogP contribution is -2.13. The molecule has 0 spiro atoms. The van der Waals surface area contributed by atoms with Crippen LogP contribution in [0.1, 0.15) is 32.1 Å². The molecule has 1 aliphatic carbocycles. The first-order valence-corrected chi connectivity index (χ1v) is 6.85. The van der Waals surface area contributed by atoms with Gasteiger partial charge in [-0.05, 0) is 34.2 Å². The highest BCUT2D eigenvalue weighted by Crippen LogP contribution is 2.61. The highest BCUT2D eigenvalue weighted by Gasteiger charge is 2.28. The zero-order valence-corrected chi connectivity index (χ0v) is 8.05. The van der Waals surface area contributed by atoms with Crippen molar-refractivity contribution in [1.82, 2.24) is 0 Å². The first-order valence-electron chi connectivity index (χ1n) is 3.54. The minimum Gasteiger partial charge on any atom is -0.324 e. The molecule has 1 N–H and O–H groups in total. The Kier molecular flexibility index (Phi) is 3.17. The second kappa shape index (κ2) is 3.53. The molecule has 0 radical (unpaired) electrons. The fourth-order valence-corrected chi connectivity index (χ4v) is 3.32. The highest BCUT2D eigenvalue weighted by molar-refractivity contribution is 8.62. The number of rotatable bonds is 1. The number of halogens is 2. The molecule has 0 atom stereocenters. The molecule has 10 heavy (non-hydrogen) atoms. The van der Waals surface area contributed by atoms with E-state index >= 15 is 0 Å². The summed E-state index contributed by atoms with van der Waals surface area (Å²) in [5, 5.41) is 0.171. The van der Waals surface area contributed by atoms with E-state index in [-0.39, 0.29) is 5.25 Å². The summed E-state index contributed by atoms with van der Waals surface area (Å²) in [5.74, 6) is 0. The lowest BCUT2D eigenvalue weighted by atomic mass is 10.0. The van der Waals surface area contributed by atoms with Crippen molar-refractivity contribution in [1.29, 1.82) is 0 Å². The summed E-state index contributed by atoms with van der Waals surface area (Å²) < 4.78 is 9.26. The third-order valence-corrected chi connectivity index (χ3v) is 4.74. The van der Waals surface area contributed by atoms with Crippen molar-refractivity contribution in [2.45, 2.75) is 37.4 Å². The van der Waals surface area contributed by atoms with Gasteiger partial charge in [-0.25, -0.2) is 0 Å². The minimum absolute atomic E-state index is 0.171. The van der Waals surface area contributed by atoms with Gasteiger partial charge in [-0.1, -0.05) is 19.3 Å². The van der Waals surface area contributed by atoms with Gasteiger partial charge in [0.05, 0.1) is 0 Å². The average molecular weight is 203 g/mol. The predicted molar refractivity (Wildman–Crippen MR) is 48.8 cm³/mol. The monoisotopic (exact) mass is 202 g/mol. The van der Waals surface area contributed by atoms with Crippen molar-refractivity contribution in [2.75, 3.05) is 0 Å². The molecule has 0 heterocycles. The second-order valence-corrected chi connectivity index (χ2v) is 7.66. The topological polar surface area (TPSA) is 20.2 Å². The quantitative estimate of drug-likeness (QED) is 0.685. The molecule has 1 saturated carbocycles. The van der Waals surface area contributed by atoms with Crippen molar-refractivity contribution >= 4 is 30.1 Å². The molecule has 0 saturated heterocycles. The Balaban J connectivity index is 2.39. The van der Waals surface area contributed by atoms with Crippen LogP contribution in [0.4, 0.5) is 0 Å². The molecule has 0 bridgehead atoms. The normalized spacial score (nSPS) is 24.7. The van der Waals surface area contributed by atoms with E-state index < -0.39 is 8.74 Å². The third kappa shape index (κ3) is 2.50. The summed E-state index contributed by atoms with van der Waals surface area (Å²) in [6.45, 7) is 0. The molecule has 0 unspecified atom stereocenters. The molecular weight excluding hydrogens is 191 g/mol. The Bertz CT molecular complexity index is 107. The van der Waals surface area contributed by atoms with Gasteiger partial charge in [0.1, 0.15) is 0 Å². The van der Waals surface area contributed by atoms with Crippen LogP contribution in [0.15, 0.2) is 0 Å². The van der Waals surface area contributed by atoms with Gasteiger partial charge >= 0.3 is 0 Å². The maximum Gasteiger partial charge on any atom is 0.0370 e. The molecule has 1 fully saturated rings.